The van der Waals surface area contributed by atoms with Crippen molar-refractivity contribution in [3.8, 4) is 0 Å². The van der Waals surface area contributed by atoms with Crippen molar-refractivity contribution < 1.29 is 14.6 Å². The predicted octanol–water partition coefficient (Wildman–Crippen LogP) is 2.26. The maximum atomic E-state index is 12.2. The molecule has 1 saturated heterocycles. The lowest BCUT2D eigenvalue weighted by atomic mass is 9.87. The van der Waals surface area contributed by atoms with Gasteiger partial charge < -0.3 is 15.2 Å². The molecule has 0 aromatic heterocycles. The molecular weight excluding hydrogens is 278 g/mol. The van der Waals surface area contributed by atoms with Crippen LogP contribution >= 0.6 is 0 Å². The summed E-state index contributed by atoms with van der Waals surface area (Å²) < 4.78 is 5.76. The molecule has 0 amide bonds. The van der Waals surface area contributed by atoms with Gasteiger partial charge in [-0.3, -0.25) is 4.79 Å². The Bertz CT molecular complexity index is 490. The molecular formula is C18H27NO3. The summed E-state index contributed by atoms with van der Waals surface area (Å²) in [6.07, 6.45) is 1.51. The number of hydrogen-bond donors (Lipinski definition) is 2. The number of nitrogens with one attached hydrogen (secondary N) is 1. The van der Waals surface area contributed by atoms with E-state index in [1.165, 1.54) is 5.56 Å². The average molecular weight is 305 g/mol. The Kier molecular flexibility index (Phi) is 5.59. The smallest absolute Gasteiger partial charge is 0.311 e. The van der Waals surface area contributed by atoms with E-state index in [-0.39, 0.29) is 24.6 Å². The number of hydrogen-bond acceptors (Lipinski definition) is 4. The quantitative estimate of drug-likeness (QED) is 0.838. The van der Waals surface area contributed by atoms with E-state index in [0.29, 0.717) is 13.0 Å². The monoisotopic (exact) mass is 305 g/mol. The van der Waals surface area contributed by atoms with Crippen molar-refractivity contribution in [2.24, 2.45) is 5.41 Å². The largest absolute Gasteiger partial charge is 0.460 e. The highest BCUT2D eigenvalue weighted by Crippen LogP contribution is 2.30. The first kappa shape index (κ1) is 17.0. The number of aliphatic hydroxyl groups is 1. The summed E-state index contributed by atoms with van der Waals surface area (Å²) >= 11 is 0. The van der Waals surface area contributed by atoms with Crippen LogP contribution in [0.3, 0.4) is 0 Å². The Morgan fingerprint density at radius 1 is 1.32 bits per heavy atom. The zero-order chi connectivity index (χ0) is 16.2. The highest BCUT2D eigenvalue weighted by molar-refractivity contribution is 5.75. The molecule has 2 rings (SSSR count). The third kappa shape index (κ3) is 4.31. The second-order valence-corrected chi connectivity index (χ2v) is 7.01. The van der Waals surface area contributed by atoms with Crippen LogP contribution in [-0.4, -0.2) is 36.9 Å². The van der Waals surface area contributed by atoms with E-state index in [9.17, 15) is 4.79 Å². The summed E-state index contributed by atoms with van der Waals surface area (Å²) in [6, 6.07) is 8.30. The van der Waals surface area contributed by atoms with E-state index < -0.39 is 5.41 Å². The average Bonchev–Trinajstić information content (AvgIpc) is 2.48. The van der Waals surface area contributed by atoms with Crippen LogP contribution in [0.2, 0.25) is 0 Å². The molecule has 22 heavy (non-hydrogen) atoms. The minimum atomic E-state index is -0.479. The van der Waals surface area contributed by atoms with Gasteiger partial charge in [-0.2, -0.15) is 0 Å². The van der Waals surface area contributed by atoms with Crippen LogP contribution in [0.1, 0.15) is 44.2 Å². The van der Waals surface area contributed by atoms with Crippen molar-refractivity contribution in [3.63, 3.8) is 0 Å². The molecule has 0 bridgehead atoms. The van der Waals surface area contributed by atoms with Crippen molar-refractivity contribution >= 4 is 5.97 Å². The first-order valence-corrected chi connectivity index (χ1v) is 8.03. The Labute approximate surface area is 132 Å². The normalized spacial score (nSPS) is 22.4. The lowest BCUT2D eigenvalue weighted by molar-refractivity contribution is -0.160. The van der Waals surface area contributed by atoms with Gasteiger partial charge in [0.2, 0.25) is 0 Å². The molecule has 0 saturated carbocycles. The number of rotatable bonds is 4. The maximum Gasteiger partial charge on any atom is 0.311 e. The Balaban J connectivity index is 2.10. The topological polar surface area (TPSA) is 58.6 Å². The second kappa shape index (κ2) is 7.25. The molecule has 1 heterocycles. The van der Waals surface area contributed by atoms with Crippen molar-refractivity contribution in [3.05, 3.63) is 35.4 Å². The van der Waals surface area contributed by atoms with Gasteiger partial charge in [0, 0.05) is 19.1 Å². The van der Waals surface area contributed by atoms with E-state index in [2.05, 4.69) is 29.6 Å². The fourth-order valence-electron chi connectivity index (χ4n) is 2.71. The molecule has 0 spiro atoms. The summed E-state index contributed by atoms with van der Waals surface area (Å²) in [6.45, 7) is 7.44. The van der Waals surface area contributed by atoms with Gasteiger partial charge in [0.25, 0.3) is 0 Å². The molecule has 2 atom stereocenters. The fourth-order valence-corrected chi connectivity index (χ4v) is 2.71. The summed E-state index contributed by atoms with van der Waals surface area (Å²) in [5, 5.41) is 12.3. The van der Waals surface area contributed by atoms with Crippen LogP contribution in [0.25, 0.3) is 0 Å². The minimum absolute atomic E-state index is 0.121. The minimum Gasteiger partial charge on any atom is -0.460 e. The van der Waals surface area contributed by atoms with Gasteiger partial charge in [0.05, 0.1) is 5.41 Å². The van der Waals surface area contributed by atoms with E-state index in [4.69, 9.17) is 9.84 Å². The summed E-state index contributed by atoms with van der Waals surface area (Å²) in [5.74, 6) is 0.0822. The van der Waals surface area contributed by atoms with Crippen molar-refractivity contribution in [1.29, 1.82) is 0 Å². The first-order chi connectivity index (χ1) is 10.4. The summed E-state index contributed by atoms with van der Waals surface area (Å²) in [7, 11) is 0. The molecule has 1 fully saturated rings. The number of esters is 1. The van der Waals surface area contributed by atoms with Crippen LogP contribution in [0.15, 0.2) is 24.3 Å². The molecule has 2 N–H and O–H groups in total. The molecule has 4 nitrogen and oxygen atoms in total. The Hall–Kier alpha value is -1.39. The molecule has 1 aliphatic heterocycles. The standard InChI is InChI=1S/C18H27NO3/c1-18(2,3)17(21)22-16-12-19-10-8-15(16)14-6-4-13(5-7-14)9-11-20/h4-7,15-16,19-20H,8-12H2,1-3H3. The molecule has 0 aliphatic carbocycles. The number of carbonyl (C=O) groups is 1. The van der Waals surface area contributed by atoms with Crippen LogP contribution in [-0.2, 0) is 16.0 Å². The molecule has 0 radical (unpaired) electrons. The third-order valence-electron chi connectivity index (χ3n) is 4.11. The van der Waals surface area contributed by atoms with Gasteiger partial charge in [-0.05, 0) is 51.3 Å². The van der Waals surface area contributed by atoms with Gasteiger partial charge in [0.15, 0.2) is 0 Å². The maximum absolute atomic E-state index is 12.2. The van der Waals surface area contributed by atoms with E-state index in [0.717, 1.165) is 18.5 Å². The van der Waals surface area contributed by atoms with E-state index >= 15 is 0 Å². The molecule has 4 heteroatoms. The molecule has 2 unspecified atom stereocenters. The van der Waals surface area contributed by atoms with Crippen LogP contribution in [0.4, 0.5) is 0 Å². The van der Waals surface area contributed by atoms with E-state index in [1.54, 1.807) is 0 Å². The van der Waals surface area contributed by atoms with Gasteiger partial charge >= 0.3 is 5.97 Å². The SMILES string of the molecule is CC(C)(C)C(=O)OC1CNCCC1c1ccc(CCO)cc1. The lowest BCUT2D eigenvalue weighted by Crippen LogP contribution is -2.43. The predicted molar refractivity (Wildman–Crippen MR) is 86.8 cm³/mol. The van der Waals surface area contributed by atoms with Crippen LogP contribution < -0.4 is 5.32 Å². The number of ether oxygens (including phenoxy) is 1. The molecule has 1 aromatic rings. The molecule has 1 aromatic carbocycles. The number of carbonyl (C=O) groups excluding carboxylic acids is 1. The highest BCUT2D eigenvalue weighted by atomic mass is 16.5. The zero-order valence-electron chi connectivity index (χ0n) is 13.8. The highest BCUT2D eigenvalue weighted by Gasteiger charge is 2.33. The molecule has 122 valence electrons. The summed E-state index contributed by atoms with van der Waals surface area (Å²) in [4.78, 5) is 12.2. The van der Waals surface area contributed by atoms with E-state index in [1.807, 2.05) is 20.8 Å². The van der Waals surface area contributed by atoms with Crippen LogP contribution in [0.5, 0.6) is 0 Å². The Morgan fingerprint density at radius 3 is 2.59 bits per heavy atom. The van der Waals surface area contributed by atoms with Crippen LogP contribution in [0, 0.1) is 5.41 Å². The van der Waals surface area contributed by atoms with Gasteiger partial charge in [-0.1, -0.05) is 24.3 Å². The first-order valence-electron chi connectivity index (χ1n) is 8.03. The number of aliphatic hydroxyl groups excluding tert-OH is 1. The van der Waals surface area contributed by atoms with Gasteiger partial charge in [-0.25, -0.2) is 0 Å². The third-order valence-corrected chi connectivity index (χ3v) is 4.11. The lowest BCUT2D eigenvalue weighted by Gasteiger charge is -2.34. The van der Waals surface area contributed by atoms with Gasteiger partial charge in [-0.15, -0.1) is 0 Å². The second-order valence-electron chi connectivity index (χ2n) is 7.01. The van der Waals surface area contributed by atoms with Gasteiger partial charge in [0.1, 0.15) is 6.10 Å². The summed E-state index contributed by atoms with van der Waals surface area (Å²) in [5.41, 5.74) is 1.85. The van der Waals surface area contributed by atoms with Crippen molar-refractivity contribution in [2.75, 3.05) is 19.7 Å². The zero-order valence-corrected chi connectivity index (χ0v) is 13.8. The van der Waals surface area contributed by atoms with Crippen molar-refractivity contribution in [1.82, 2.24) is 5.32 Å². The molecule has 1 aliphatic rings. The fraction of sp³-hybridized carbons (Fsp3) is 0.611. The van der Waals surface area contributed by atoms with Crippen molar-refractivity contribution in [2.45, 2.75) is 45.6 Å². The number of piperidine rings is 1. The Morgan fingerprint density at radius 2 is 2.00 bits per heavy atom. The number of benzene rings is 1.